The predicted molar refractivity (Wildman–Crippen MR) is 99.7 cm³/mol. The molecule has 134 valence electrons. The molecular formula is C19H26N4O2. The van der Waals surface area contributed by atoms with E-state index in [2.05, 4.69) is 20.2 Å². The summed E-state index contributed by atoms with van der Waals surface area (Å²) in [5.41, 5.74) is 1.11. The molecule has 0 radical (unpaired) electrons. The largest absolute Gasteiger partial charge is 0.493 e. The van der Waals surface area contributed by atoms with Crippen molar-refractivity contribution < 1.29 is 9.47 Å². The van der Waals surface area contributed by atoms with E-state index in [-0.39, 0.29) is 0 Å². The number of anilines is 2. The number of rotatable bonds is 6. The van der Waals surface area contributed by atoms with Crippen LogP contribution in [-0.4, -0.2) is 37.3 Å². The van der Waals surface area contributed by atoms with Crippen molar-refractivity contribution in [1.29, 1.82) is 0 Å². The number of ether oxygens (including phenoxy) is 2. The van der Waals surface area contributed by atoms with Gasteiger partial charge in [0.1, 0.15) is 17.5 Å². The van der Waals surface area contributed by atoms with Crippen LogP contribution in [0.25, 0.3) is 0 Å². The molecule has 1 saturated heterocycles. The molecule has 1 aromatic carbocycles. The molecule has 0 amide bonds. The molecule has 0 unspecified atom stereocenters. The molecule has 2 aromatic rings. The van der Waals surface area contributed by atoms with E-state index in [1.807, 2.05) is 31.2 Å². The molecule has 6 nitrogen and oxygen atoms in total. The first-order chi connectivity index (χ1) is 12.2. The quantitative estimate of drug-likeness (QED) is 0.868. The van der Waals surface area contributed by atoms with E-state index in [1.165, 1.54) is 19.3 Å². The predicted octanol–water partition coefficient (Wildman–Crippen LogP) is 3.40. The number of methoxy groups -OCH3 is 2. The van der Waals surface area contributed by atoms with Gasteiger partial charge in [0.15, 0.2) is 11.5 Å². The monoisotopic (exact) mass is 342 g/mol. The van der Waals surface area contributed by atoms with Gasteiger partial charge in [0.05, 0.1) is 14.2 Å². The van der Waals surface area contributed by atoms with E-state index in [0.717, 1.165) is 47.6 Å². The summed E-state index contributed by atoms with van der Waals surface area (Å²) in [6.45, 7) is 4.75. The summed E-state index contributed by atoms with van der Waals surface area (Å²) >= 11 is 0. The molecule has 1 fully saturated rings. The number of aryl methyl sites for hydroxylation is 1. The van der Waals surface area contributed by atoms with Gasteiger partial charge in [-0.1, -0.05) is 6.07 Å². The fourth-order valence-electron chi connectivity index (χ4n) is 3.11. The maximum absolute atomic E-state index is 5.36. The van der Waals surface area contributed by atoms with Gasteiger partial charge < -0.3 is 19.7 Å². The fraction of sp³-hybridized carbons (Fsp3) is 0.474. The third kappa shape index (κ3) is 4.32. The number of nitrogens with one attached hydrogen (secondary N) is 1. The van der Waals surface area contributed by atoms with E-state index >= 15 is 0 Å². The first kappa shape index (κ1) is 17.3. The van der Waals surface area contributed by atoms with E-state index in [0.29, 0.717) is 6.54 Å². The summed E-state index contributed by atoms with van der Waals surface area (Å²) < 4.78 is 10.6. The number of hydrogen-bond acceptors (Lipinski definition) is 6. The third-order valence-corrected chi connectivity index (χ3v) is 4.43. The molecule has 0 saturated carbocycles. The molecule has 1 aromatic heterocycles. The molecule has 0 aliphatic carbocycles. The Morgan fingerprint density at radius 3 is 2.48 bits per heavy atom. The molecule has 25 heavy (non-hydrogen) atoms. The molecule has 6 heteroatoms. The molecule has 1 N–H and O–H groups in total. The zero-order valence-corrected chi connectivity index (χ0v) is 15.2. The smallest absolute Gasteiger partial charge is 0.161 e. The highest BCUT2D eigenvalue weighted by atomic mass is 16.5. The van der Waals surface area contributed by atoms with Gasteiger partial charge in [0, 0.05) is 25.7 Å². The average Bonchev–Trinajstić information content (AvgIpc) is 2.66. The fourth-order valence-corrected chi connectivity index (χ4v) is 3.11. The first-order valence-electron chi connectivity index (χ1n) is 8.75. The second kappa shape index (κ2) is 8.05. The Kier molecular flexibility index (Phi) is 5.58. The van der Waals surface area contributed by atoms with Gasteiger partial charge in [-0.05, 0) is 43.9 Å². The lowest BCUT2D eigenvalue weighted by molar-refractivity contribution is 0.354. The summed E-state index contributed by atoms with van der Waals surface area (Å²) in [5, 5.41) is 3.40. The highest BCUT2D eigenvalue weighted by molar-refractivity contribution is 5.50. The number of piperidine rings is 1. The van der Waals surface area contributed by atoms with Crippen molar-refractivity contribution in [2.75, 3.05) is 37.5 Å². The third-order valence-electron chi connectivity index (χ3n) is 4.43. The summed E-state index contributed by atoms with van der Waals surface area (Å²) in [5.74, 6) is 4.12. The van der Waals surface area contributed by atoms with Crippen molar-refractivity contribution in [2.45, 2.75) is 32.7 Å². The van der Waals surface area contributed by atoms with Crippen LogP contribution in [0.1, 0.15) is 30.7 Å². The molecule has 2 heterocycles. The Hall–Kier alpha value is -2.50. The average molecular weight is 342 g/mol. The standard InChI is InChI=1S/C19H26N4O2/c1-14-21-18(12-19(22-14)23-9-5-4-6-10-23)20-13-15-7-8-16(24-2)17(11-15)25-3/h7-8,11-12H,4-6,9-10,13H2,1-3H3,(H,20,21,22). The normalized spacial score (nSPS) is 14.3. The Balaban J connectivity index is 1.71. The number of benzene rings is 1. The topological polar surface area (TPSA) is 59.5 Å². The van der Waals surface area contributed by atoms with E-state index in [1.54, 1.807) is 14.2 Å². The van der Waals surface area contributed by atoms with Crippen molar-refractivity contribution in [3.05, 3.63) is 35.7 Å². The zero-order valence-electron chi connectivity index (χ0n) is 15.2. The van der Waals surface area contributed by atoms with E-state index in [4.69, 9.17) is 9.47 Å². The summed E-state index contributed by atoms with van der Waals surface area (Å²) in [6, 6.07) is 7.96. The van der Waals surface area contributed by atoms with Gasteiger partial charge in [-0.2, -0.15) is 0 Å². The van der Waals surface area contributed by atoms with Gasteiger partial charge in [-0.3, -0.25) is 0 Å². The minimum absolute atomic E-state index is 0.663. The number of aromatic nitrogens is 2. The maximum atomic E-state index is 5.36. The molecule has 0 bridgehead atoms. The minimum atomic E-state index is 0.663. The molecular weight excluding hydrogens is 316 g/mol. The Bertz CT molecular complexity index is 715. The maximum Gasteiger partial charge on any atom is 0.161 e. The lowest BCUT2D eigenvalue weighted by atomic mass is 10.1. The SMILES string of the molecule is COc1ccc(CNc2cc(N3CCCCC3)nc(C)n2)cc1OC. The highest BCUT2D eigenvalue weighted by Crippen LogP contribution is 2.28. The van der Waals surface area contributed by atoms with Gasteiger partial charge in [0.2, 0.25) is 0 Å². The van der Waals surface area contributed by atoms with Crippen LogP contribution < -0.4 is 19.7 Å². The first-order valence-corrected chi connectivity index (χ1v) is 8.75. The highest BCUT2D eigenvalue weighted by Gasteiger charge is 2.14. The molecule has 1 aliphatic rings. The van der Waals surface area contributed by atoms with Crippen LogP contribution in [0.5, 0.6) is 11.5 Å². The summed E-state index contributed by atoms with van der Waals surface area (Å²) in [7, 11) is 3.29. The Morgan fingerprint density at radius 1 is 1.00 bits per heavy atom. The van der Waals surface area contributed by atoms with Crippen LogP contribution in [-0.2, 0) is 6.54 Å². The van der Waals surface area contributed by atoms with Crippen molar-refractivity contribution in [3.8, 4) is 11.5 Å². The lowest BCUT2D eigenvalue weighted by Gasteiger charge is -2.28. The summed E-state index contributed by atoms with van der Waals surface area (Å²) in [4.78, 5) is 11.5. The van der Waals surface area contributed by atoms with Crippen LogP contribution in [0, 0.1) is 6.92 Å². The van der Waals surface area contributed by atoms with Crippen LogP contribution in [0.3, 0.4) is 0 Å². The van der Waals surface area contributed by atoms with Crippen molar-refractivity contribution >= 4 is 11.6 Å². The van der Waals surface area contributed by atoms with E-state index < -0.39 is 0 Å². The van der Waals surface area contributed by atoms with Crippen molar-refractivity contribution in [1.82, 2.24) is 9.97 Å². The lowest BCUT2D eigenvalue weighted by Crippen LogP contribution is -2.30. The van der Waals surface area contributed by atoms with Crippen LogP contribution in [0.4, 0.5) is 11.6 Å². The van der Waals surface area contributed by atoms with Crippen LogP contribution in [0.15, 0.2) is 24.3 Å². The second-order valence-electron chi connectivity index (χ2n) is 6.25. The van der Waals surface area contributed by atoms with Gasteiger partial charge in [-0.25, -0.2) is 9.97 Å². The van der Waals surface area contributed by atoms with Crippen LogP contribution >= 0.6 is 0 Å². The molecule has 0 atom stereocenters. The Labute approximate surface area is 149 Å². The van der Waals surface area contributed by atoms with E-state index in [9.17, 15) is 0 Å². The second-order valence-corrected chi connectivity index (χ2v) is 6.25. The number of hydrogen-bond donors (Lipinski definition) is 1. The number of nitrogens with zero attached hydrogens (tertiary/aromatic N) is 3. The Morgan fingerprint density at radius 2 is 1.76 bits per heavy atom. The molecule has 0 spiro atoms. The van der Waals surface area contributed by atoms with Crippen molar-refractivity contribution in [3.63, 3.8) is 0 Å². The molecule has 3 rings (SSSR count). The minimum Gasteiger partial charge on any atom is -0.493 e. The van der Waals surface area contributed by atoms with Gasteiger partial charge >= 0.3 is 0 Å². The van der Waals surface area contributed by atoms with Crippen molar-refractivity contribution in [2.24, 2.45) is 0 Å². The van der Waals surface area contributed by atoms with Crippen LogP contribution in [0.2, 0.25) is 0 Å². The molecule has 1 aliphatic heterocycles. The summed E-state index contributed by atoms with van der Waals surface area (Å²) in [6.07, 6.45) is 3.78. The van der Waals surface area contributed by atoms with Gasteiger partial charge in [0.25, 0.3) is 0 Å². The van der Waals surface area contributed by atoms with Gasteiger partial charge in [-0.15, -0.1) is 0 Å². The zero-order chi connectivity index (χ0) is 17.6.